The molecular weight excluding hydrogens is 282 g/mol. The zero-order valence-corrected chi connectivity index (χ0v) is 11.8. The Morgan fingerprint density at radius 1 is 1.11 bits per heavy atom. The standard InChI is InChI=1S/C13H11N3OS.ClH/c1-17-10-4-2-9(3-5-10)16-13-12-11(6-7-18-12)14-8-15-13;/h2-8H,1H3,(H,14,15,16);1H. The fourth-order valence-electron chi connectivity index (χ4n) is 1.69. The molecule has 2 aromatic heterocycles. The highest BCUT2D eigenvalue weighted by Crippen LogP contribution is 2.27. The molecular formula is C13H12ClN3OS. The number of hydrogen-bond acceptors (Lipinski definition) is 5. The van der Waals surface area contributed by atoms with Gasteiger partial charge in [0.25, 0.3) is 0 Å². The van der Waals surface area contributed by atoms with E-state index >= 15 is 0 Å². The Hall–Kier alpha value is -1.85. The number of rotatable bonds is 3. The lowest BCUT2D eigenvalue weighted by Crippen LogP contribution is -1.94. The Kier molecular flexibility index (Phi) is 4.19. The molecule has 0 bridgehead atoms. The van der Waals surface area contributed by atoms with Gasteiger partial charge >= 0.3 is 0 Å². The predicted molar refractivity (Wildman–Crippen MR) is 80.9 cm³/mol. The van der Waals surface area contributed by atoms with Gasteiger partial charge in [0, 0.05) is 5.69 Å². The van der Waals surface area contributed by atoms with E-state index in [0.29, 0.717) is 0 Å². The van der Waals surface area contributed by atoms with Gasteiger partial charge in [-0.25, -0.2) is 9.97 Å². The van der Waals surface area contributed by atoms with Crippen LogP contribution in [-0.2, 0) is 0 Å². The zero-order valence-electron chi connectivity index (χ0n) is 10.2. The Bertz CT molecular complexity index is 669. The summed E-state index contributed by atoms with van der Waals surface area (Å²) >= 11 is 1.63. The summed E-state index contributed by atoms with van der Waals surface area (Å²) in [5, 5.41) is 5.30. The van der Waals surface area contributed by atoms with Crippen LogP contribution in [0.2, 0.25) is 0 Å². The molecule has 0 spiro atoms. The maximum atomic E-state index is 5.13. The Morgan fingerprint density at radius 3 is 2.63 bits per heavy atom. The van der Waals surface area contributed by atoms with Gasteiger partial charge < -0.3 is 10.1 Å². The van der Waals surface area contributed by atoms with Gasteiger partial charge in [-0.3, -0.25) is 0 Å². The Labute approximate surface area is 120 Å². The maximum Gasteiger partial charge on any atom is 0.151 e. The first-order chi connectivity index (χ1) is 8.86. The maximum absolute atomic E-state index is 5.13. The number of hydrogen-bond donors (Lipinski definition) is 1. The van der Waals surface area contributed by atoms with Crippen molar-refractivity contribution < 1.29 is 4.74 Å². The van der Waals surface area contributed by atoms with Gasteiger partial charge in [0.1, 0.15) is 12.1 Å². The zero-order chi connectivity index (χ0) is 12.4. The first kappa shape index (κ1) is 13.6. The molecule has 6 heteroatoms. The summed E-state index contributed by atoms with van der Waals surface area (Å²) in [5.74, 6) is 1.67. The molecule has 0 atom stereocenters. The molecule has 2 heterocycles. The van der Waals surface area contributed by atoms with E-state index in [0.717, 1.165) is 27.5 Å². The summed E-state index contributed by atoms with van der Waals surface area (Å²) in [6.07, 6.45) is 1.57. The van der Waals surface area contributed by atoms with Gasteiger partial charge in [0.2, 0.25) is 0 Å². The molecule has 1 N–H and O–H groups in total. The second-order valence-electron chi connectivity index (χ2n) is 3.71. The van der Waals surface area contributed by atoms with Crippen molar-refractivity contribution in [2.45, 2.75) is 0 Å². The van der Waals surface area contributed by atoms with Crippen LogP contribution >= 0.6 is 23.7 Å². The summed E-state index contributed by atoms with van der Waals surface area (Å²) in [6.45, 7) is 0. The number of ether oxygens (including phenoxy) is 1. The van der Waals surface area contributed by atoms with E-state index in [2.05, 4.69) is 15.3 Å². The number of nitrogens with zero attached hydrogens (tertiary/aromatic N) is 2. The number of halogens is 1. The highest BCUT2D eigenvalue weighted by molar-refractivity contribution is 7.17. The van der Waals surface area contributed by atoms with Crippen LogP contribution in [0, 0.1) is 0 Å². The van der Waals surface area contributed by atoms with E-state index in [-0.39, 0.29) is 12.4 Å². The molecule has 98 valence electrons. The molecule has 0 aliphatic heterocycles. The molecule has 3 rings (SSSR count). The first-order valence-corrected chi connectivity index (χ1v) is 6.34. The second kappa shape index (κ2) is 5.86. The van der Waals surface area contributed by atoms with Gasteiger partial charge in [-0.15, -0.1) is 23.7 Å². The molecule has 0 aliphatic rings. The summed E-state index contributed by atoms with van der Waals surface area (Å²) in [6, 6.07) is 9.73. The van der Waals surface area contributed by atoms with Crippen LogP contribution in [0.25, 0.3) is 10.2 Å². The number of nitrogens with one attached hydrogen (secondary N) is 1. The fraction of sp³-hybridized carbons (Fsp3) is 0.0769. The van der Waals surface area contributed by atoms with Crippen LogP contribution in [0.15, 0.2) is 42.0 Å². The number of thiophene rings is 1. The third-order valence-corrected chi connectivity index (χ3v) is 3.51. The van der Waals surface area contributed by atoms with Gasteiger partial charge in [0.15, 0.2) is 5.82 Å². The third kappa shape index (κ3) is 2.77. The average Bonchev–Trinajstić information content (AvgIpc) is 2.89. The summed E-state index contributed by atoms with van der Waals surface area (Å²) in [5.41, 5.74) is 1.94. The lowest BCUT2D eigenvalue weighted by atomic mass is 10.3. The molecule has 0 aliphatic carbocycles. The molecule has 0 saturated carbocycles. The minimum atomic E-state index is 0. The van der Waals surface area contributed by atoms with E-state index in [4.69, 9.17) is 4.74 Å². The number of fused-ring (bicyclic) bond motifs is 1. The van der Waals surface area contributed by atoms with Crippen molar-refractivity contribution in [3.05, 3.63) is 42.0 Å². The lowest BCUT2D eigenvalue weighted by Gasteiger charge is -2.06. The molecule has 0 radical (unpaired) electrons. The van der Waals surface area contributed by atoms with Crippen molar-refractivity contribution in [2.75, 3.05) is 12.4 Å². The minimum Gasteiger partial charge on any atom is -0.497 e. The third-order valence-electron chi connectivity index (χ3n) is 2.60. The number of benzene rings is 1. The normalized spacial score (nSPS) is 9.95. The van der Waals surface area contributed by atoms with Gasteiger partial charge in [-0.05, 0) is 35.7 Å². The molecule has 0 amide bonds. The quantitative estimate of drug-likeness (QED) is 0.796. The predicted octanol–water partition coefficient (Wildman–Crippen LogP) is 3.87. The van der Waals surface area contributed by atoms with E-state index < -0.39 is 0 Å². The fourth-order valence-corrected chi connectivity index (χ4v) is 2.48. The second-order valence-corrected chi connectivity index (χ2v) is 4.63. The van der Waals surface area contributed by atoms with Crippen molar-refractivity contribution in [3.63, 3.8) is 0 Å². The monoisotopic (exact) mass is 293 g/mol. The van der Waals surface area contributed by atoms with Crippen LogP contribution in [0.1, 0.15) is 0 Å². The number of anilines is 2. The molecule has 1 aromatic carbocycles. The van der Waals surface area contributed by atoms with Crippen molar-refractivity contribution >= 4 is 45.5 Å². The number of methoxy groups -OCH3 is 1. The number of aromatic nitrogens is 2. The van der Waals surface area contributed by atoms with Crippen molar-refractivity contribution in [1.29, 1.82) is 0 Å². The SMILES string of the molecule is COc1ccc(Nc2ncnc3ccsc23)cc1.Cl. The smallest absolute Gasteiger partial charge is 0.151 e. The highest BCUT2D eigenvalue weighted by Gasteiger charge is 2.04. The molecule has 0 unspecified atom stereocenters. The van der Waals surface area contributed by atoms with Crippen molar-refractivity contribution in [1.82, 2.24) is 9.97 Å². The van der Waals surface area contributed by atoms with Crippen LogP contribution < -0.4 is 10.1 Å². The summed E-state index contributed by atoms with van der Waals surface area (Å²) in [7, 11) is 1.65. The van der Waals surface area contributed by atoms with Gasteiger partial charge in [-0.2, -0.15) is 0 Å². The van der Waals surface area contributed by atoms with Crippen LogP contribution in [-0.4, -0.2) is 17.1 Å². The highest BCUT2D eigenvalue weighted by atomic mass is 35.5. The van der Waals surface area contributed by atoms with E-state index in [1.165, 1.54) is 0 Å². The lowest BCUT2D eigenvalue weighted by molar-refractivity contribution is 0.415. The Balaban J connectivity index is 0.00000133. The van der Waals surface area contributed by atoms with E-state index in [1.54, 1.807) is 24.8 Å². The summed E-state index contributed by atoms with van der Waals surface area (Å²) in [4.78, 5) is 8.48. The van der Waals surface area contributed by atoms with Gasteiger partial charge in [-0.1, -0.05) is 0 Å². The molecule has 0 saturated heterocycles. The molecule has 4 nitrogen and oxygen atoms in total. The van der Waals surface area contributed by atoms with Gasteiger partial charge in [0.05, 0.1) is 17.3 Å². The van der Waals surface area contributed by atoms with E-state index in [9.17, 15) is 0 Å². The van der Waals surface area contributed by atoms with Crippen LogP contribution in [0.3, 0.4) is 0 Å². The summed E-state index contributed by atoms with van der Waals surface area (Å²) < 4.78 is 6.19. The molecule has 3 aromatic rings. The van der Waals surface area contributed by atoms with Crippen LogP contribution in [0.5, 0.6) is 5.75 Å². The largest absolute Gasteiger partial charge is 0.497 e. The van der Waals surface area contributed by atoms with Crippen molar-refractivity contribution in [2.24, 2.45) is 0 Å². The average molecular weight is 294 g/mol. The van der Waals surface area contributed by atoms with E-state index in [1.807, 2.05) is 35.7 Å². The van der Waals surface area contributed by atoms with Crippen molar-refractivity contribution in [3.8, 4) is 5.75 Å². The minimum absolute atomic E-state index is 0. The van der Waals surface area contributed by atoms with Crippen LogP contribution in [0.4, 0.5) is 11.5 Å². The molecule has 0 fully saturated rings. The molecule has 19 heavy (non-hydrogen) atoms. The topological polar surface area (TPSA) is 47.0 Å². The Morgan fingerprint density at radius 2 is 1.89 bits per heavy atom. The first-order valence-electron chi connectivity index (χ1n) is 5.46.